The Morgan fingerprint density at radius 2 is 2.08 bits per heavy atom. The molecule has 2 amide bonds. The Morgan fingerprint density at radius 1 is 1.25 bits per heavy atom. The van der Waals surface area contributed by atoms with Gasteiger partial charge in [-0.05, 0) is 24.3 Å². The number of nitrogens with zero attached hydrogens (tertiary/aromatic N) is 2. The molecule has 0 aliphatic heterocycles. The third kappa shape index (κ3) is 3.03. The van der Waals surface area contributed by atoms with E-state index in [9.17, 15) is 4.79 Å². The maximum atomic E-state index is 12.2. The number of rotatable bonds is 4. The summed E-state index contributed by atoms with van der Waals surface area (Å²) in [6.45, 7) is 0. The Bertz CT molecular complexity index is 809. The van der Waals surface area contributed by atoms with Gasteiger partial charge in [-0.25, -0.2) is 9.78 Å². The summed E-state index contributed by atoms with van der Waals surface area (Å²) < 4.78 is 0. The molecule has 2 aromatic heterocycles. The first-order valence-corrected chi connectivity index (χ1v) is 8.73. The summed E-state index contributed by atoms with van der Waals surface area (Å²) in [5, 5.41) is 15.4. The topological polar surface area (TPSA) is 82.7 Å². The third-order valence-corrected chi connectivity index (χ3v) is 5.07. The first kappa shape index (κ1) is 14.9. The van der Waals surface area contributed by atoms with Crippen LogP contribution in [0.1, 0.15) is 24.3 Å². The van der Waals surface area contributed by atoms with Crippen molar-refractivity contribution in [1.29, 1.82) is 0 Å². The quantitative estimate of drug-likeness (QED) is 0.679. The largest absolute Gasteiger partial charge is 0.335 e. The lowest BCUT2D eigenvalue weighted by molar-refractivity contribution is 0.233. The smallest absolute Gasteiger partial charge is 0.319 e. The van der Waals surface area contributed by atoms with Crippen molar-refractivity contribution in [2.24, 2.45) is 0 Å². The van der Waals surface area contributed by atoms with Gasteiger partial charge in [0.1, 0.15) is 10.7 Å². The van der Waals surface area contributed by atoms with E-state index in [1.807, 2.05) is 11.4 Å². The number of carbonyl (C=O) groups is 1. The average Bonchev–Trinajstić information content (AvgIpc) is 3.22. The number of H-pyrrole nitrogens is 1. The van der Waals surface area contributed by atoms with E-state index in [-0.39, 0.29) is 12.1 Å². The molecule has 1 aromatic carbocycles. The van der Waals surface area contributed by atoms with Gasteiger partial charge in [0, 0.05) is 17.6 Å². The van der Waals surface area contributed by atoms with E-state index >= 15 is 0 Å². The number of thiazole rings is 1. The number of aromatic nitrogens is 3. The Morgan fingerprint density at radius 3 is 2.83 bits per heavy atom. The van der Waals surface area contributed by atoms with Crippen LogP contribution in [0.25, 0.3) is 10.7 Å². The van der Waals surface area contributed by atoms with Crippen LogP contribution in [-0.4, -0.2) is 27.3 Å². The molecule has 1 saturated carbocycles. The van der Waals surface area contributed by atoms with Gasteiger partial charge in [-0.15, -0.1) is 11.3 Å². The molecule has 0 bridgehead atoms. The standard InChI is InChI=1S/C17H17N5OS/c23-17(20-13-8-12(9-13)11-4-2-1-3-5-11)21-14-10-19-22-15(14)16-18-6-7-24-16/h1-7,10,12-13H,8-9H2,(H,19,22)(H2,20,21,23). The van der Waals surface area contributed by atoms with Crippen LogP contribution < -0.4 is 10.6 Å². The van der Waals surface area contributed by atoms with Crippen molar-refractivity contribution in [3.63, 3.8) is 0 Å². The number of carbonyl (C=O) groups excluding carboxylic acids is 1. The van der Waals surface area contributed by atoms with E-state index in [1.165, 1.54) is 16.9 Å². The first-order valence-electron chi connectivity index (χ1n) is 7.85. The Kier molecular flexibility index (Phi) is 4.00. The molecule has 0 atom stereocenters. The van der Waals surface area contributed by atoms with Gasteiger partial charge >= 0.3 is 6.03 Å². The summed E-state index contributed by atoms with van der Waals surface area (Å²) in [6, 6.07) is 10.4. The van der Waals surface area contributed by atoms with Crippen molar-refractivity contribution >= 4 is 23.1 Å². The number of anilines is 1. The molecule has 1 aliphatic rings. The summed E-state index contributed by atoms with van der Waals surface area (Å²) in [5.41, 5.74) is 2.72. The van der Waals surface area contributed by atoms with Crippen LogP contribution in [0.3, 0.4) is 0 Å². The highest BCUT2D eigenvalue weighted by Crippen LogP contribution is 2.36. The number of benzene rings is 1. The van der Waals surface area contributed by atoms with Gasteiger partial charge in [0.2, 0.25) is 0 Å². The van der Waals surface area contributed by atoms with Crippen molar-refractivity contribution < 1.29 is 4.79 Å². The van der Waals surface area contributed by atoms with Gasteiger partial charge in [0.05, 0.1) is 11.9 Å². The fraction of sp³-hybridized carbons (Fsp3) is 0.235. The van der Waals surface area contributed by atoms with Crippen LogP contribution in [0.15, 0.2) is 48.1 Å². The lowest BCUT2D eigenvalue weighted by Gasteiger charge is -2.36. The fourth-order valence-electron chi connectivity index (χ4n) is 2.97. The first-order chi connectivity index (χ1) is 11.8. The van der Waals surface area contributed by atoms with E-state index < -0.39 is 0 Å². The molecule has 1 aliphatic carbocycles. The molecule has 122 valence electrons. The number of hydrogen-bond donors (Lipinski definition) is 3. The van der Waals surface area contributed by atoms with Gasteiger partial charge < -0.3 is 10.6 Å². The van der Waals surface area contributed by atoms with Crippen molar-refractivity contribution in [1.82, 2.24) is 20.5 Å². The zero-order valence-corrected chi connectivity index (χ0v) is 13.7. The molecule has 3 aromatic rings. The summed E-state index contributed by atoms with van der Waals surface area (Å²) in [7, 11) is 0. The van der Waals surface area contributed by atoms with Crippen LogP contribution in [-0.2, 0) is 0 Å². The zero-order valence-electron chi connectivity index (χ0n) is 12.9. The summed E-state index contributed by atoms with van der Waals surface area (Å²) in [5.74, 6) is 0.538. The van der Waals surface area contributed by atoms with Gasteiger partial charge in [-0.2, -0.15) is 5.10 Å². The third-order valence-electron chi connectivity index (χ3n) is 4.28. The SMILES string of the molecule is O=C(Nc1cn[nH]c1-c1nccs1)NC1CC(c2ccccc2)C1. The second-order valence-corrected chi connectivity index (χ2v) is 6.76. The van der Waals surface area contributed by atoms with Crippen LogP contribution >= 0.6 is 11.3 Å². The second-order valence-electron chi connectivity index (χ2n) is 5.87. The molecule has 6 nitrogen and oxygen atoms in total. The highest BCUT2D eigenvalue weighted by molar-refractivity contribution is 7.13. The van der Waals surface area contributed by atoms with Gasteiger partial charge in [0.25, 0.3) is 0 Å². The van der Waals surface area contributed by atoms with Gasteiger partial charge in [-0.1, -0.05) is 30.3 Å². The van der Waals surface area contributed by atoms with E-state index in [4.69, 9.17) is 0 Å². The Hall–Kier alpha value is -2.67. The van der Waals surface area contributed by atoms with Gasteiger partial charge in [0.15, 0.2) is 0 Å². The number of amides is 2. The molecule has 24 heavy (non-hydrogen) atoms. The maximum absolute atomic E-state index is 12.2. The lowest BCUT2D eigenvalue weighted by Crippen LogP contribution is -2.45. The van der Waals surface area contributed by atoms with Crippen LogP contribution in [0.5, 0.6) is 0 Å². The average molecular weight is 339 g/mol. The molecule has 0 unspecified atom stereocenters. The summed E-state index contributed by atoms with van der Waals surface area (Å²) in [4.78, 5) is 16.4. The molecule has 4 rings (SSSR count). The number of urea groups is 1. The van der Waals surface area contributed by atoms with Crippen LogP contribution in [0.4, 0.5) is 10.5 Å². The molecule has 0 radical (unpaired) electrons. The minimum Gasteiger partial charge on any atom is -0.335 e. The minimum absolute atomic E-state index is 0.203. The van der Waals surface area contributed by atoms with Crippen molar-refractivity contribution in [2.75, 3.05) is 5.32 Å². The number of aromatic amines is 1. The minimum atomic E-state index is -0.203. The second kappa shape index (κ2) is 6.45. The lowest BCUT2D eigenvalue weighted by atomic mass is 9.76. The zero-order chi connectivity index (χ0) is 16.4. The molecular weight excluding hydrogens is 322 g/mol. The monoisotopic (exact) mass is 339 g/mol. The molecular formula is C17H17N5OS. The van der Waals surface area contributed by atoms with Crippen LogP contribution in [0.2, 0.25) is 0 Å². The van der Waals surface area contributed by atoms with Crippen molar-refractivity contribution in [3.8, 4) is 10.7 Å². The van der Waals surface area contributed by atoms with E-state index in [1.54, 1.807) is 12.4 Å². The van der Waals surface area contributed by atoms with E-state index in [2.05, 4.69) is 50.1 Å². The predicted octanol–water partition coefficient (Wildman–Crippen LogP) is 3.60. The van der Waals surface area contributed by atoms with Crippen molar-refractivity contribution in [3.05, 3.63) is 53.7 Å². The predicted molar refractivity (Wildman–Crippen MR) is 94.1 cm³/mol. The van der Waals surface area contributed by atoms with Crippen LogP contribution in [0, 0.1) is 0 Å². The van der Waals surface area contributed by atoms with Gasteiger partial charge in [-0.3, -0.25) is 5.10 Å². The molecule has 0 spiro atoms. The fourth-order valence-corrected chi connectivity index (χ4v) is 3.61. The normalized spacial score (nSPS) is 19.5. The highest BCUT2D eigenvalue weighted by Gasteiger charge is 2.31. The molecule has 7 heteroatoms. The Labute approximate surface area is 143 Å². The highest BCUT2D eigenvalue weighted by atomic mass is 32.1. The summed E-state index contributed by atoms with van der Waals surface area (Å²) in [6.07, 6.45) is 5.27. The number of hydrogen-bond acceptors (Lipinski definition) is 4. The van der Waals surface area contributed by atoms with E-state index in [0.717, 1.165) is 23.5 Å². The van der Waals surface area contributed by atoms with Crippen molar-refractivity contribution in [2.45, 2.75) is 24.8 Å². The molecule has 0 saturated heterocycles. The van der Waals surface area contributed by atoms with E-state index in [0.29, 0.717) is 11.6 Å². The molecule has 2 heterocycles. The number of nitrogens with one attached hydrogen (secondary N) is 3. The Balaban J connectivity index is 1.32. The summed E-state index contributed by atoms with van der Waals surface area (Å²) >= 11 is 1.50. The molecule has 1 fully saturated rings. The maximum Gasteiger partial charge on any atom is 0.319 e. The molecule has 3 N–H and O–H groups in total.